The molecule has 8 nitrogen and oxygen atoms in total. The maximum absolute atomic E-state index is 14.2. The number of alkyl halides is 2. The molecule has 0 aliphatic carbocycles. The SMILES string of the molecule is O=C(O)C1CCN(CCOc2cc(Nc3ncc(-c4ccc(OC(F)F)cc4)cn3)ccc2F)CC1. The largest absolute Gasteiger partial charge is 0.489 e. The molecular formula is C25H25F3N4O4. The van der Waals surface area contributed by atoms with Crippen LogP contribution >= 0.6 is 0 Å². The third kappa shape index (κ3) is 6.85. The fraction of sp³-hybridized carbons (Fsp3) is 0.320. The van der Waals surface area contributed by atoms with Crippen LogP contribution in [-0.2, 0) is 4.79 Å². The average Bonchev–Trinajstić information content (AvgIpc) is 2.87. The lowest BCUT2D eigenvalue weighted by Gasteiger charge is -2.29. The molecule has 0 bridgehead atoms. The summed E-state index contributed by atoms with van der Waals surface area (Å²) in [5, 5.41) is 12.1. The molecule has 0 saturated carbocycles. The summed E-state index contributed by atoms with van der Waals surface area (Å²) in [4.78, 5) is 21.7. The molecule has 1 aliphatic heterocycles. The Bertz CT molecular complexity index is 1150. The third-order valence-electron chi connectivity index (χ3n) is 5.85. The molecule has 1 saturated heterocycles. The average molecular weight is 502 g/mol. The standard InChI is InChI=1S/C25H25F3N4O4/c26-21-6-3-19(13-22(21)35-12-11-32-9-7-17(8-10-32)23(33)34)31-25-29-14-18(15-30-25)16-1-4-20(5-2-16)36-24(27)28/h1-6,13-15,17,24H,7-12H2,(H,33,34)(H,29,30,31). The molecule has 1 fully saturated rings. The molecule has 1 aliphatic rings. The van der Waals surface area contributed by atoms with Crippen LogP contribution < -0.4 is 14.8 Å². The highest BCUT2D eigenvalue weighted by Gasteiger charge is 2.24. The van der Waals surface area contributed by atoms with Crippen molar-refractivity contribution < 1.29 is 32.5 Å². The highest BCUT2D eigenvalue weighted by atomic mass is 19.3. The van der Waals surface area contributed by atoms with E-state index in [1.807, 2.05) is 0 Å². The fourth-order valence-corrected chi connectivity index (χ4v) is 3.88. The lowest BCUT2D eigenvalue weighted by molar-refractivity contribution is -0.143. The summed E-state index contributed by atoms with van der Waals surface area (Å²) in [6, 6.07) is 10.5. The number of anilines is 2. The Labute approximate surface area is 205 Å². The van der Waals surface area contributed by atoms with Crippen molar-refractivity contribution in [2.45, 2.75) is 19.5 Å². The van der Waals surface area contributed by atoms with Crippen molar-refractivity contribution in [3.8, 4) is 22.6 Å². The van der Waals surface area contributed by atoms with Crippen molar-refractivity contribution in [3.63, 3.8) is 0 Å². The monoisotopic (exact) mass is 502 g/mol. The Morgan fingerprint density at radius 1 is 1.08 bits per heavy atom. The molecule has 3 aromatic rings. The predicted octanol–water partition coefficient (Wildman–Crippen LogP) is 4.80. The summed E-state index contributed by atoms with van der Waals surface area (Å²) in [6.07, 6.45) is 4.35. The number of hydrogen-bond acceptors (Lipinski definition) is 7. The lowest BCUT2D eigenvalue weighted by atomic mass is 9.97. The van der Waals surface area contributed by atoms with Crippen molar-refractivity contribution in [3.05, 3.63) is 60.7 Å². The van der Waals surface area contributed by atoms with Crippen LogP contribution in [0.25, 0.3) is 11.1 Å². The topological polar surface area (TPSA) is 96.8 Å². The van der Waals surface area contributed by atoms with Gasteiger partial charge in [-0.25, -0.2) is 14.4 Å². The number of nitrogens with zero attached hydrogens (tertiary/aromatic N) is 3. The molecule has 1 aromatic heterocycles. The van der Waals surface area contributed by atoms with Gasteiger partial charge in [0.15, 0.2) is 11.6 Å². The van der Waals surface area contributed by atoms with Gasteiger partial charge in [-0.05, 0) is 55.8 Å². The highest BCUT2D eigenvalue weighted by molar-refractivity contribution is 5.70. The minimum Gasteiger partial charge on any atom is -0.489 e. The fourth-order valence-electron chi connectivity index (χ4n) is 3.88. The number of carbonyl (C=O) groups is 1. The zero-order chi connectivity index (χ0) is 25.5. The minimum atomic E-state index is -2.88. The van der Waals surface area contributed by atoms with E-state index in [4.69, 9.17) is 9.84 Å². The zero-order valence-electron chi connectivity index (χ0n) is 19.2. The first-order valence-corrected chi connectivity index (χ1v) is 11.4. The first-order chi connectivity index (χ1) is 17.4. The number of benzene rings is 2. The zero-order valence-corrected chi connectivity index (χ0v) is 19.2. The minimum absolute atomic E-state index is 0.0602. The van der Waals surface area contributed by atoms with Gasteiger partial charge in [-0.15, -0.1) is 0 Å². The number of nitrogens with one attached hydrogen (secondary N) is 1. The molecular weight excluding hydrogens is 477 g/mol. The van der Waals surface area contributed by atoms with E-state index in [1.54, 1.807) is 24.5 Å². The van der Waals surface area contributed by atoms with E-state index in [9.17, 15) is 18.0 Å². The Hall–Kier alpha value is -3.86. The van der Waals surface area contributed by atoms with Crippen molar-refractivity contribution in [2.75, 3.05) is 31.6 Å². The molecule has 2 N–H and O–H groups in total. The van der Waals surface area contributed by atoms with E-state index in [0.717, 1.165) is 5.56 Å². The van der Waals surface area contributed by atoms with Gasteiger partial charge < -0.3 is 19.9 Å². The molecule has 0 radical (unpaired) electrons. The second-order valence-electron chi connectivity index (χ2n) is 8.27. The number of aromatic nitrogens is 2. The molecule has 4 rings (SSSR count). The number of likely N-dealkylation sites (tertiary alicyclic amines) is 1. The molecule has 0 amide bonds. The second kappa shape index (κ2) is 11.7. The van der Waals surface area contributed by atoms with Gasteiger partial charge in [0.2, 0.25) is 5.95 Å². The summed E-state index contributed by atoms with van der Waals surface area (Å²) in [6.45, 7) is -0.699. The predicted molar refractivity (Wildman–Crippen MR) is 126 cm³/mol. The molecule has 0 unspecified atom stereocenters. The number of piperidine rings is 1. The number of ether oxygens (including phenoxy) is 2. The van der Waals surface area contributed by atoms with Crippen molar-refractivity contribution in [1.29, 1.82) is 0 Å². The van der Waals surface area contributed by atoms with Crippen LogP contribution in [0.2, 0.25) is 0 Å². The maximum Gasteiger partial charge on any atom is 0.387 e. The normalized spacial score (nSPS) is 14.6. The first kappa shape index (κ1) is 25.2. The summed E-state index contributed by atoms with van der Waals surface area (Å²) >= 11 is 0. The van der Waals surface area contributed by atoms with E-state index >= 15 is 0 Å². The van der Waals surface area contributed by atoms with Crippen LogP contribution in [0.4, 0.5) is 24.8 Å². The second-order valence-corrected chi connectivity index (χ2v) is 8.27. The van der Waals surface area contributed by atoms with E-state index in [2.05, 4.69) is 24.9 Å². The molecule has 2 aromatic carbocycles. The number of carboxylic acids is 1. The van der Waals surface area contributed by atoms with Gasteiger partial charge in [-0.2, -0.15) is 8.78 Å². The van der Waals surface area contributed by atoms with Gasteiger partial charge in [-0.1, -0.05) is 12.1 Å². The number of carboxylic acid groups (broad SMARTS) is 1. The molecule has 36 heavy (non-hydrogen) atoms. The van der Waals surface area contributed by atoms with E-state index in [1.165, 1.54) is 30.3 Å². The highest BCUT2D eigenvalue weighted by Crippen LogP contribution is 2.26. The smallest absolute Gasteiger partial charge is 0.387 e. The van der Waals surface area contributed by atoms with Gasteiger partial charge in [-0.3, -0.25) is 9.69 Å². The van der Waals surface area contributed by atoms with Crippen LogP contribution in [-0.4, -0.2) is 58.8 Å². The van der Waals surface area contributed by atoms with E-state index in [-0.39, 0.29) is 30.0 Å². The Kier molecular flexibility index (Phi) is 8.21. The van der Waals surface area contributed by atoms with Crippen LogP contribution in [0.1, 0.15) is 12.8 Å². The van der Waals surface area contributed by atoms with Crippen LogP contribution in [0.3, 0.4) is 0 Å². The van der Waals surface area contributed by atoms with Crippen molar-refractivity contribution in [1.82, 2.24) is 14.9 Å². The molecule has 0 atom stereocenters. The lowest BCUT2D eigenvalue weighted by Crippen LogP contribution is -2.38. The van der Waals surface area contributed by atoms with Gasteiger partial charge in [0, 0.05) is 36.3 Å². The van der Waals surface area contributed by atoms with Crippen LogP contribution in [0.15, 0.2) is 54.9 Å². The molecule has 0 spiro atoms. The first-order valence-electron chi connectivity index (χ1n) is 11.4. The van der Waals surface area contributed by atoms with Crippen molar-refractivity contribution >= 4 is 17.6 Å². The maximum atomic E-state index is 14.2. The van der Waals surface area contributed by atoms with Gasteiger partial charge in [0.1, 0.15) is 12.4 Å². The number of aliphatic carboxylic acids is 1. The summed E-state index contributed by atoms with van der Waals surface area (Å²) < 4.78 is 48.8. The summed E-state index contributed by atoms with van der Waals surface area (Å²) in [5.74, 6) is -1.12. The van der Waals surface area contributed by atoms with E-state index < -0.39 is 18.4 Å². The Morgan fingerprint density at radius 3 is 2.42 bits per heavy atom. The van der Waals surface area contributed by atoms with Gasteiger partial charge >= 0.3 is 12.6 Å². The van der Waals surface area contributed by atoms with Crippen molar-refractivity contribution in [2.24, 2.45) is 5.92 Å². The quantitative estimate of drug-likeness (QED) is 0.408. The Balaban J connectivity index is 1.30. The molecule has 2 heterocycles. The molecule has 11 heteroatoms. The Morgan fingerprint density at radius 2 is 1.78 bits per heavy atom. The van der Waals surface area contributed by atoms with Gasteiger partial charge in [0.05, 0.1) is 5.92 Å². The summed E-state index contributed by atoms with van der Waals surface area (Å²) in [5.41, 5.74) is 1.95. The third-order valence-corrected chi connectivity index (χ3v) is 5.85. The number of halogens is 3. The number of rotatable bonds is 10. The molecule has 190 valence electrons. The van der Waals surface area contributed by atoms with Crippen LogP contribution in [0.5, 0.6) is 11.5 Å². The number of hydrogen-bond donors (Lipinski definition) is 2. The van der Waals surface area contributed by atoms with E-state index in [0.29, 0.717) is 43.7 Å². The summed E-state index contributed by atoms with van der Waals surface area (Å²) in [7, 11) is 0. The van der Waals surface area contributed by atoms with Crippen LogP contribution in [0, 0.1) is 11.7 Å². The van der Waals surface area contributed by atoms with Gasteiger partial charge in [0.25, 0.3) is 0 Å².